The van der Waals surface area contributed by atoms with E-state index in [-0.39, 0.29) is 24.0 Å². The van der Waals surface area contributed by atoms with Gasteiger partial charge in [-0.2, -0.15) is 17.5 Å². The van der Waals surface area contributed by atoms with Crippen LogP contribution in [0.4, 0.5) is 23.4 Å². The van der Waals surface area contributed by atoms with Crippen LogP contribution in [0.3, 0.4) is 0 Å². The zero-order valence-corrected chi connectivity index (χ0v) is 23.2. The minimum atomic E-state index is -4.45. The van der Waals surface area contributed by atoms with Crippen LogP contribution in [0.15, 0.2) is 65.6 Å². The van der Waals surface area contributed by atoms with E-state index in [2.05, 4.69) is 17.1 Å². The number of alkyl halides is 3. The molecule has 0 aliphatic carbocycles. The molecule has 2 aliphatic rings. The van der Waals surface area contributed by atoms with Crippen molar-refractivity contribution in [2.75, 3.05) is 18.0 Å². The molecule has 2 aliphatic heterocycles. The summed E-state index contributed by atoms with van der Waals surface area (Å²) in [5.74, 6) is -0.356. The van der Waals surface area contributed by atoms with Crippen LogP contribution in [0.1, 0.15) is 43.7 Å². The molecule has 3 heterocycles. The van der Waals surface area contributed by atoms with Crippen molar-refractivity contribution in [3.8, 4) is 11.3 Å². The highest BCUT2D eigenvalue weighted by atomic mass is 32.2. The molecule has 41 heavy (non-hydrogen) atoms. The zero-order valence-electron chi connectivity index (χ0n) is 22.4. The third-order valence-electron chi connectivity index (χ3n) is 7.62. The molecule has 2 atom stereocenters. The largest absolute Gasteiger partial charge is 0.416 e. The van der Waals surface area contributed by atoms with Crippen molar-refractivity contribution in [2.45, 2.75) is 62.3 Å². The number of nitrogens with one attached hydrogen (secondary N) is 1. The van der Waals surface area contributed by atoms with Crippen molar-refractivity contribution < 1.29 is 30.8 Å². The van der Waals surface area contributed by atoms with E-state index < -0.39 is 39.5 Å². The van der Waals surface area contributed by atoms with Crippen LogP contribution in [0, 0.1) is 5.82 Å². The number of halogens is 4. The zero-order chi connectivity index (χ0) is 29.4. The van der Waals surface area contributed by atoms with Crippen molar-refractivity contribution >= 4 is 21.7 Å². The van der Waals surface area contributed by atoms with Crippen LogP contribution in [0.25, 0.3) is 11.3 Å². The number of hydrogen-bond acceptors (Lipinski definition) is 5. The van der Waals surface area contributed by atoms with E-state index in [9.17, 15) is 30.8 Å². The third kappa shape index (κ3) is 6.23. The Kier molecular flexibility index (Phi) is 8.06. The van der Waals surface area contributed by atoms with Gasteiger partial charge in [0.25, 0.3) is 0 Å². The van der Waals surface area contributed by atoms with Crippen LogP contribution in [-0.4, -0.2) is 48.8 Å². The lowest BCUT2D eigenvalue weighted by Crippen LogP contribution is -2.45. The summed E-state index contributed by atoms with van der Waals surface area (Å²) in [6, 6.07) is 12.1. The van der Waals surface area contributed by atoms with Gasteiger partial charge in [0.05, 0.1) is 16.2 Å². The average Bonchev–Trinajstić information content (AvgIpc) is 3.61. The summed E-state index contributed by atoms with van der Waals surface area (Å²) in [6.45, 7) is 3.11. The molecule has 0 radical (unpaired) electrons. The first-order valence-electron chi connectivity index (χ1n) is 13.4. The van der Waals surface area contributed by atoms with Gasteiger partial charge in [-0.05, 0) is 86.7 Å². The minimum absolute atomic E-state index is 0.0745. The molecule has 0 bridgehead atoms. The number of amides is 1. The standard InChI is InChI=1S/C29H30F4N4O3S/c1-19-4-2-14-36(19)27-17-20(16-25(35-27)21-6-8-22(9-7-21)29(31,32)33)18-34-28(38)26-5-3-15-37(26)41(39,40)24-12-10-23(30)11-13-24/h6-13,16-17,19,26H,2-5,14-15,18H2,1H3,(H,34,38). The maximum absolute atomic E-state index is 13.3. The Labute approximate surface area is 236 Å². The van der Waals surface area contributed by atoms with Crippen molar-refractivity contribution in [1.82, 2.24) is 14.6 Å². The van der Waals surface area contributed by atoms with Crippen LogP contribution < -0.4 is 10.2 Å². The van der Waals surface area contributed by atoms with E-state index in [0.717, 1.165) is 48.0 Å². The van der Waals surface area contributed by atoms with Gasteiger partial charge in [0.2, 0.25) is 15.9 Å². The number of carbonyl (C=O) groups excluding carboxylic acids is 1. The predicted octanol–water partition coefficient (Wildman–Crippen LogP) is 5.36. The van der Waals surface area contributed by atoms with E-state index >= 15 is 0 Å². The molecule has 218 valence electrons. The lowest BCUT2D eigenvalue weighted by Gasteiger charge is -2.25. The molecule has 1 aromatic heterocycles. The van der Waals surface area contributed by atoms with Gasteiger partial charge >= 0.3 is 6.18 Å². The van der Waals surface area contributed by atoms with Crippen LogP contribution in [0.5, 0.6) is 0 Å². The van der Waals surface area contributed by atoms with Crippen molar-refractivity contribution in [3.05, 3.63) is 77.6 Å². The second kappa shape index (κ2) is 11.4. The van der Waals surface area contributed by atoms with Crippen LogP contribution in [-0.2, 0) is 27.5 Å². The molecule has 2 aromatic carbocycles. The smallest absolute Gasteiger partial charge is 0.354 e. The van der Waals surface area contributed by atoms with E-state index in [1.54, 1.807) is 6.07 Å². The summed E-state index contributed by atoms with van der Waals surface area (Å²) < 4.78 is 80.1. The Morgan fingerprint density at radius 2 is 1.68 bits per heavy atom. The Morgan fingerprint density at radius 1 is 1.00 bits per heavy atom. The van der Waals surface area contributed by atoms with Crippen molar-refractivity contribution in [3.63, 3.8) is 0 Å². The summed E-state index contributed by atoms with van der Waals surface area (Å²) in [5.41, 5.74) is 0.908. The van der Waals surface area contributed by atoms with Crippen LogP contribution >= 0.6 is 0 Å². The van der Waals surface area contributed by atoms with Crippen molar-refractivity contribution in [2.24, 2.45) is 0 Å². The Bertz CT molecular complexity index is 1510. The third-order valence-corrected chi connectivity index (χ3v) is 9.54. The van der Waals surface area contributed by atoms with E-state index in [1.807, 2.05) is 6.07 Å². The van der Waals surface area contributed by atoms with Gasteiger partial charge in [0, 0.05) is 31.2 Å². The maximum Gasteiger partial charge on any atom is 0.416 e. The van der Waals surface area contributed by atoms with Gasteiger partial charge in [-0.15, -0.1) is 0 Å². The second-order valence-electron chi connectivity index (χ2n) is 10.4. The molecular formula is C29H30F4N4O3S. The Hall–Kier alpha value is -3.51. The highest BCUT2D eigenvalue weighted by molar-refractivity contribution is 7.89. The fourth-order valence-electron chi connectivity index (χ4n) is 5.41. The predicted molar refractivity (Wildman–Crippen MR) is 146 cm³/mol. The molecule has 5 rings (SSSR count). The highest BCUT2D eigenvalue weighted by Crippen LogP contribution is 2.33. The monoisotopic (exact) mass is 590 g/mol. The van der Waals surface area contributed by atoms with Crippen molar-refractivity contribution in [1.29, 1.82) is 0 Å². The normalized spacial score (nSPS) is 20.0. The maximum atomic E-state index is 13.3. The molecule has 1 N–H and O–H groups in total. The minimum Gasteiger partial charge on any atom is -0.354 e. The summed E-state index contributed by atoms with van der Waals surface area (Å²) in [4.78, 5) is 20.0. The molecule has 2 unspecified atom stereocenters. The molecular weight excluding hydrogens is 560 g/mol. The number of pyridine rings is 1. The first-order chi connectivity index (χ1) is 19.4. The number of rotatable bonds is 7. The van der Waals surface area contributed by atoms with E-state index in [4.69, 9.17) is 4.98 Å². The fraction of sp³-hybridized carbons (Fsp3) is 0.379. The number of hydrogen-bond donors (Lipinski definition) is 1. The first-order valence-corrected chi connectivity index (χ1v) is 14.9. The fourth-order valence-corrected chi connectivity index (χ4v) is 7.07. The Balaban J connectivity index is 1.37. The molecule has 2 fully saturated rings. The molecule has 0 saturated carbocycles. The first kappa shape index (κ1) is 29.0. The second-order valence-corrected chi connectivity index (χ2v) is 12.3. The summed E-state index contributed by atoms with van der Waals surface area (Å²) >= 11 is 0. The topological polar surface area (TPSA) is 82.6 Å². The molecule has 0 spiro atoms. The number of nitrogens with zero attached hydrogens (tertiary/aromatic N) is 3. The van der Waals surface area contributed by atoms with Gasteiger partial charge in [-0.25, -0.2) is 17.8 Å². The lowest BCUT2D eigenvalue weighted by atomic mass is 10.1. The van der Waals surface area contributed by atoms with Gasteiger partial charge in [0.15, 0.2) is 0 Å². The number of aromatic nitrogens is 1. The molecule has 2 saturated heterocycles. The van der Waals surface area contributed by atoms with Gasteiger partial charge < -0.3 is 10.2 Å². The summed E-state index contributed by atoms with van der Waals surface area (Å²) in [6.07, 6.45) is -1.64. The summed E-state index contributed by atoms with van der Waals surface area (Å²) in [5, 5.41) is 2.84. The van der Waals surface area contributed by atoms with Gasteiger partial charge in [-0.1, -0.05) is 12.1 Å². The van der Waals surface area contributed by atoms with Gasteiger partial charge in [-0.3, -0.25) is 4.79 Å². The number of benzene rings is 2. The quantitative estimate of drug-likeness (QED) is 0.375. The summed E-state index contributed by atoms with van der Waals surface area (Å²) in [7, 11) is -4.00. The molecule has 3 aromatic rings. The van der Waals surface area contributed by atoms with Crippen LogP contribution in [0.2, 0.25) is 0 Å². The lowest BCUT2D eigenvalue weighted by molar-refractivity contribution is -0.137. The van der Waals surface area contributed by atoms with E-state index in [1.165, 1.54) is 24.3 Å². The molecule has 7 nitrogen and oxygen atoms in total. The highest BCUT2D eigenvalue weighted by Gasteiger charge is 2.39. The molecule has 12 heteroatoms. The van der Waals surface area contributed by atoms with E-state index in [0.29, 0.717) is 35.5 Å². The average molecular weight is 591 g/mol. The SMILES string of the molecule is CC1CCCN1c1cc(CNC(=O)C2CCCN2S(=O)(=O)c2ccc(F)cc2)cc(-c2ccc(C(F)(F)F)cc2)n1. The van der Waals surface area contributed by atoms with Gasteiger partial charge in [0.1, 0.15) is 17.7 Å². The number of sulfonamides is 1. The Morgan fingerprint density at radius 3 is 2.32 bits per heavy atom. The number of anilines is 1. The molecule has 1 amide bonds. The number of carbonyl (C=O) groups is 1.